The summed E-state index contributed by atoms with van der Waals surface area (Å²) in [5.74, 6) is 2.17. The Morgan fingerprint density at radius 3 is 2.85 bits per heavy atom. The van der Waals surface area contributed by atoms with Crippen molar-refractivity contribution < 1.29 is 13.9 Å². The van der Waals surface area contributed by atoms with Crippen LogP contribution in [0.1, 0.15) is 11.5 Å². The normalized spacial score (nSPS) is 10.7. The number of thiazole rings is 1. The number of aromatic nitrogens is 1. The highest BCUT2D eigenvalue weighted by Gasteiger charge is 2.14. The summed E-state index contributed by atoms with van der Waals surface area (Å²) < 4.78 is 11.2. The highest BCUT2D eigenvalue weighted by Crippen LogP contribution is 2.26. The average molecular weight is 391 g/mol. The SMILES string of the molecule is Cc1ccc(-c2nc(CC(=O)N(C)CCOc3ccccc3Cl)cs2)o1. The van der Waals surface area contributed by atoms with E-state index in [4.69, 9.17) is 20.8 Å². The monoisotopic (exact) mass is 390 g/mol. The second kappa shape index (κ2) is 8.38. The van der Waals surface area contributed by atoms with Crippen molar-refractivity contribution in [2.45, 2.75) is 13.3 Å². The van der Waals surface area contributed by atoms with Gasteiger partial charge in [0.1, 0.15) is 18.1 Å². The molecule has 0 saturated heterocycles. The van der Waals surface area contributed by atoms with Gasteiger partial charge in [-0.3, -0.25) is 4.79 Å². The van der Waals surface area contributed by atoms with Gasteiger partial charge < -0.3 is 14.1 Å². The van der Waals surface area contributed by atoms with Gasteiger partial charge in [-0.05, 0) is 31.2 Å². The Kier molecular flexibility index (Phi) is 5.96. The third kappa shape index (κ3) is 4.65. The van der Waals surface area contributed by atoms with E-state index in [0.29, 0.717) is 23.9 Å². The molecule has 2 heterocycles. The Balaban J connectivity index is 1.50. The fraction of sp³-hybridized carbons (Fsp3) is 0.263. The van der Waals surface area contributed by atoms with Crippen molar-refractivity contribution in [3.63, 3.8) is 0 Å². The lowest BCUT2D eigenvalue weighted by Crippen LogP contribution is -2.32. The van der Waals surface area contributed by atoms with Crippen LogP contribution in [0.15, 0.2) is 46.2 Å². The maximum atomic E-state index is 12.4. The molecule has 1 amide bonds. The van der Waals surface area contributed by atoms with E-state index in [1.54, 1.807) is 24.1 Å². The van der Waals surface area contributed by atoms with Crippen molar-refractivity contribution in [3.8, 4) is 16.5 Å². The van der Waals surface area contributed by atoms with E-state index in [2.05, 4.69) is 4.98 Å². The van der Waals surface area contributed by atoms with Gasteiger partial charge in [-0.25, -0.2) is 4.98 Å². The zero-order valence-electron chi connectivity index (χ0n) is 14.6. The minimum atomic E-state index is -0.0137. The van der Waals surface area contributed by atoms with Crippen molar-refractivity contribution in [2.75, 3.05) is 20.2 Å². The molecular weight excluding hydrogens is 372 g/mol. The van der Waals surface area contributed by atoms with Gasteiger partial charge in [-0.15, -0.1) is 11.3 Å². The molecule has 0 fully saturated rings. The number of ether oxygens (including phenoxy) is 1. The van der Waals surface area contributed by atoms with Gasteiger partial charge in [-0.2, -0.15) is 0 Å². The number of carbonyl (C=O) groups excluding carboxylic acids is 1. The number of nitrogens with zero attached hydrogens (tertiary/aromatic N) is 2. The van der Waals surface area contributed by atoms with Crippen molar-refractivity contribution in [1.82, 2.24) is 9.88 Å². The van der Waals surface area contributed by atoms with E-state index >= 15 is 0 Å². The number of amides is 1. The predicted molar refractivity (Wildman–Crippen MR) is 103 cm³/mol. The molecular formula is C19H19ClN2O3S. The molecule has 1 aromatic carbocycles. The van der Waals surface area contributed by atoms with Crippen LogP contribution in [0, 0.1) is 6.92 Å². The smallest absolute Gasteiger partial charge is 0.228 e. The first-order chi connectivity index (χ1) is 12.5. The van der Waals surface area contributed by atoms with Crippen molar-refractivity contribution in [1.29, 1.82) is 0 Å². The number of hydrogen-bond donors (Lipinski definition) is 0. The van der Waals surface area contributed by atoms with Gasteiger partial charge in [0.05, 0.1) is 23.7 Å². The molecule has 0 aliphatic carbocycles. The lowest BCUT2D eigenvalue weighted by atomic mass is 10.3. The Morgan fingerprint density at radius 1 is 1.31 bits per heavy atom. The fourth-order valence-electron chi connectivity index (χ4n) is 2.32. The van der Waals surface area contributed by atoms with Gasteiger partial charge in [0.2, 0.25) is 5.91 Å². The average Bonchev–Trinajstić information content (AvgIpc) is 3.25. The number of benzene rings is 1. The molecule has 0 aliphatic heterocycles. The van der Waals surface area contributed by atoms with Crippen LogP contribution in [0.3, 0.4) is 0 Å². The van der Waals surface area contributed by atoms with E-state index < -0.39 is 0 Å². The van der Waals surface area contributed by atoms with Crippen LogP contribution in [0.4, 0.5) is 0 Å². The number of halogens is 1. The maximum absolute atomic E-state index is 12.4. The zero-order chi connectivity index (χ0) is 18.5. The van der Waals surface area contributed by atoms with E-state index in [1.165, 1.54) is 11.3 Å². The lowest BCUT2D eigenvalue weighted by Gasteiger charge is -2.17. The van der Waals surface area contributed by atoms with Crippen LogP contribution < -0.4 is 4.74 Å². The first kappa shape index (κ1) is 18.5. The third-order valence-electron chi connectivity index (χ3n) is 3.78. The first-order valence-corrected chi connectivity index (χ1v) is 9.41. The molecule has 0 N–H and O–H groups in total. The molecule has 3 aromatic rings. The van der Waals surface area contributed by atoms with Crippen molar-refractivity contribution in [2.24, 2.45) is 0 Å². The van der Waals surface area contributed by atoms with Gasteiger partial charge >= 0.3 is 0 Å². The Bertz CT molecular complexity index is 890. The molecule has 7 heteroatoms. The summed E-state index contributed by atoms with van der Waals surface area (Å²) in [5, 5.41) is 3.23. The minimum Gasteiger partial charge on any atom is -0.490 e. The second-order valence-electron chi connectivity index (χ2n) is 5.83. The van der Waals surface area contributed by atoms with Crippen molar-refractivity contribution in [3.05, 3.63) is 58.3 Å². The standard InChI is InChI=1S/C19H19ClN2O3S/c1-13-7-8-17(25-13)19-21-14(12-26-19)11-18(23)22(2)9-10-24-16-6-4-3-5-15(16)20/h3-8,12H,9-11H2,1-2H3. The molecule has 0 atom stereocenters. The largest absolute Gasteiger partial charge is 0.490 e. The molecule has 2 aromatic heterocycles. The minimum absolute atomic E-state index is 0.0137. The summed E-state index contributed by atoms with van der Waals surface area (Å²) in [5.41, 5.74) is 0.739. The molecule has 0 saturated carbocycles. The van der Waals surface area contributed by atoms with Crippen LogP contribution in [0.2, 0.25) is 5.02 Å². The number of aryl methyl sites for hydroxylation is 1. The van der Waals surface area contributed by atoms with E-state index in [-0.39, 0.29) is 12.3 Å². The van der Waals surface area contributed by atoms with Gasteiger partial charge in [0, 0.05) is 12.4 Å². The topological polar surface area (TPSA) is 55.6 Å². The van der Waals surface area contributed by atoms with Crippen LogP contribution >= 0.6 is 22.9 Å². The number of para-hydroxylation sites is 1. The summed E-state index contributed by atoms with van der Waals surface area (Å²) in [6.45, 7) is 2.74. The lowest BCUT2D eigenvalue weighted by molar-refractivity contribution is -0.129. The Morgan fingerprint density at radius 2 is 2.12 bits per heavy atom. The summed E-state index contributed by atoms with van der Waals surface area (Å²) >= 11 is 7.51. The number of furan rings is 1. The van der Waals surface area contributed by atoms with E-state index in [1.807, 2.05) is 36.6 Å². The number of carbonyl (C=O) groups is 1. The second-order valence-corrected chi connectivity index (χ2v) is 7.09. The van der Waals surface area contributed by atoms with Crippen molar-refractivity contribution >= 4 is 28.8 Å². The summed E-state index contributed by atoms with van der Waals surface area (Å²) in [4.78, 5) is 18.5. The van der Waals surface area contributed by atoms with Crippen LogP contribution in [0.25, 0.3) is 10.8 Å². The molecule has 0 spiro atoms. The molecule has 0 aliphatic rings. The molecule has 0 bridgehead atoms. The van der Waals surface area contributed by atoms with Crippen LogP contribution in [0.5, 0.6) is 5.75 Å². The summed E-state index contributed by atoms with van der Waals surface area (Å²) in [6, 6.07) is 11.1. The van der Waals surface area contributed by atoms with Gasteiger partial charge in [0.25, 0.3) is 0 Å². The molecule has 0 unspecified atom stereocenters. The molecule has 136 valence electrons. The summed E-state index contributed by atoms with van der Waals surface area (Å²) in [6.07, 6.45) is 0.249. The highest BCUT2D eigenvalue weighted by molar-refractivity contribution is 7.13. The quantitative estimate of drug-likeness (QED) is 0.598. The molecule has 26 heavy (non-hydrogen) atoms. The van der Waals surface area contributed by atoms with Gasteiger partial charge in [0.15, 0.2) is 10.8 Å². The number of likely N-dealkylation sites (N-methyl/N-ethyl adjacent to an activating group) is 1. The summed E-state index contributed by atoms with van der Waals surface area (Å²) in [7, 11) is 1.75. The van der Waals surface area contributed by atoms with Crippen LogP contribution in [-0.4, -0.2) is 36.0 Å². The van der Waals surface area contributed by atoms with E-state index in [0.717, 1.165) is 22.2 Å². The number of hydrogen-bond acceptors (Lipinski definition) is 5. The number of rotatable bonds is 7. The fourth-order valence-corrected chi connectivity index (χ4v) is 3.29. The van der Waals surface area contributed by atoms with E-state index in [9.17, 15) is 4.79 Å². The maximum Gasteiger partial charge on any atom is 0.228 e. The third-order valence-corrected chi connectivity index (χ3v) is 5.00. The van der Waals surface area contributed by atoms with Crippen LogP contribution in [-0.2, 0) is 11.2 Å². The molecule has 5 nitrogen and oxygen atoms in total. The first-order valence-electron chi connectivity index (χ1n) is 8.15. The van der Waals surface area contributed by atoms with Gasteiger partial charge in [-0.1, -0.05) is 23.7 Å². The predicted octanol–water partition coefficient (Wildman–Crippen LogP) is 4.44. The Labute approximate surface area is 161 Å². The highest BCUT2D eigenvalue weighted by atomic mass is 35.5. The molecule has 0 radical (unpaired) electrons. The Hall–Kier alpha value is -2.31. The zero-order valence-corrected chi connectivity index (χ0v) is 16.1. The molecule has 3 rings (SSSR count).